The van der Waals surface area contributed by atoms with E-state index in [1.54, 1.807) is 36.4 Å². The van der Waals surface area contributed by atoms with Gasteiger partial charge < -0.3 is 10.1 Å². The minimum Gasteiger partial charge on any atom is -0.495 e. The van der Waals surface area contributed by atoms with Crippen molar-refractivity contribution < 1.29 is 17.9 Å². The first kappa shape index (κ1) is 16.5. The number of amides is 1. The van der Waals surface area contributed by atoms with Crippen molar-refractivity contribution in [3.63, 3.8) is 0 Å². The molecule has 2 aromatic carbocycles. The fourth-order valence-electron chi connectivity index (χ4n) is 2.55. The first-order valence-electron chi connectivity index (χ1n) is 7.00. The lowest BCUT2D eigenvalue weighted by atomic mass is 10.0. The summed E-state index contributed by atoms with van der Waals surface area (Å²) in [4.78, 5) is 12.3. The molecule has 2 aromatic rings. The van der Waals surface area contributed by atoms with Gasteiger partial charge >= 0.3 is 0 Å². The van der Waals surface area contributed by atoms with Crippen LogP contribution in [0.25, 0.3) is 11.6 Å². The van der Waals surface area contributed by atoms with Gasteiger partial charge in [-0.15, -0.1) is 0 Å². The summed E-state index contributed by atoms with van der Waals surface area (Å²) in [5.41, 5.74) is 2.51. The van der Waals surface area contributed by atoms with E-state index in [0.717, 1.165) is 6.26 Å². The lowest BCUT2D eigenvalue weighted by Gasteiger charge is -2.08. The largest absolute Gasteiger partial charge is 0.495 e. The van der Waals surface area contributed by atoms with Gasteiger partial charge in [-0.05, 0) is 42.0 Å². The summed E-state index contributed by atoms with van der Waals surface area (Å²) >= 11 is 6.01. The summed E-state index contributed by atoms with van der Waals surface area (Å²) in [5.74, 6) is -0.00463. The number of sulfone groups is 1. The van der Waals surface area contributed by atoms with Gasteiger partial charge in [-0.1, -0.05) is 17.7 Å². The van der Waals surface area contributed by atoms with Crippen molar-refractivity contribution in [3.05, 3.63) is 52.5 Å². The molecule has 1 aliphatic rings. The molecule has 5 nitrogen and oxygen atoms in total. The minimum absolute atomic E-state index is 0.103. The highest BCUT2D eigenvalue weighted by Gasteiger charge is 2.24. The summed E-state index contributed by atoms with van der Waals surface area (Å²) in [6, 6.07) is 9.83. The second kappa shape index (κ2) is 5.96. The number of methoxy groups -OCH3 is 1. The number of anilines is 1. The molecule has 0 bridgehead atoms. The first-order chi connectivity index (χ1) is 11.3. The number of ether oxygens (including phenoxy) is 1. The summed E-state index contributed by atoms with van der Waals surface area (Å²) in [7, 11) is -2.00. The number of halogens is 1. The Bertz CT molecular complexity index is 980. The second-order valence-electron chi connectivity index (χ2n) is 5.38. The zero-order valence-corrected chi connectivity index (χ0v) is 14.5. The van der Waals surface area contributed by atoms with Gasteiger partial charge in [-0.25, -0.2) is 8.42 Å². The van der Waals surface area contributed by atoms with E-state index in [0.29, 0.717) is 27.4 Å². The SMILES string of the molecule is COc1cc(/C=C2/C(=O)Nc3ccc(Cl)cc32)ccc1S(C)(=O)=O. The van der Waals surface area contributed by atoms with Crippen LogP contribution in [0.5, 0.6) is 5.75 Å². The Morgan fingerprint density at radius 2 is 1.92 bits per heavy atom. The van der Waals surface area contributed by atoms with E-state index < -0.39 is 9.84 Å². The lowest BCUT2D eigenvalue weighted by Crippen LogP contribution is -2.04. The van der Waals surface area contributed by atoms with Crippen LogP contribution in [-0.4, -0.2) is 27.7 Å². The van der Waals surface area contributed by atoms with Crippen LogP contribution in [0, 0.1) is 0 Å². The average molecular weight is 364 g/mol. The van der Waals surface area contributed by atoms with Gasteiger partial charge in [0.25, 0.3) is 5.91 Å². The Kier molecular flexibility index (Phi) is 4.11. The fraction of sp³-hybridized carbons (Fsp3) is 0.118. The van der Waals surface area contributed by atoms with Gasteiger partial charge in [0.05, 0.1) is 7.11 Å². The fourth-order valence-corrected chi connectivity index (χ4v) is 3.55. The van der Waals surface area contributed by atoms with Crippen LogP contribution in [0.3, 0.4) is 0 Å². The van der Waals surface area contributed by atoms with Crippen LogP contribution in [0.2, 0.25) is 5.02 Å². The van der Waals surface area contributed by atoms with Gasteiger partial charge in [0.2, 0.25) is 0 Å². The maximum Gasteiger partial charge on any atom is 0.256 e. The Hall–Kier alpha value is -2.31. The van der Waals surface area contributed by atoms with Crippen LogP contribution >= 0.6 is 11.6 Å². The standard InChI is InChI=1S/C17H14ClNO4S/c1-23-15-8-10(3-6-16(15)24(2,21)22)7-13-12-9-11(18)4-5-14(12)19-17(13)20/h3-9H,1-2H3,(H,19,20)/b13-7+. The molecule has 3 rings (SSSR count). The third-order valence-electron chi connectivity index (χ3n) is 3.66. The van der Waals surface area contributed by atoms with E-state index in [1.807, 2.05) is 0 Å². The number of benzene rings is 2. The average Bonchev–Trinajstić information content (AvgIpc) is 2.82. The Morgan fingerprint density at radius 3 is 2.58 bits per heavy atom. The van der Waals surface area contributed by atoms with Crippen LogP contribution < -0.4 is 10.1 Å². The second-order valence-corrected chi connectivity index (χ2v) is 7.81. The van der Waals surface area contributed by atoms with Crippen molar-refractivity contribution in [1.82, 2.24) is 0 Å². The molecule has 0 aliphatic carbocycles. The molecule has 0 fully saturated rings. The smallest absolute Gasteiger partial charge is 0.256 e. The number of fused-ring (bicyclic) bond motifs is 1. The summed E-state index contributed by atoms with van der Waals surface area (Å²) in [5, 5.41) is 3.30. The molecule has 7 heteroatoms. The molecule has 0 unspecified atom stereocenters. The van der Waals surface area contributed by atoms with E-state index in [-0.39, 0.29) is 16.6 Å². The molecule has 0 spiro atoms. The number of carbonyl (C=O) groups excluding carboxylic acids is 1. The maximum absolute atomic E-state index is 12.2. The topological polar surface area (TPSA) is 72.5 Å². The van der Waals surface area contributed by atoms with E-state index in [2.05, 4.69) is 5.32 Å². The molecular formula is C17H14ClNO4S. The Labute approximate surface area is 144 Å². The molecule has 1 heterocycles. The number of rotatable bonds is 3. The molecular weight excluding hydrogens is 350 g/mol. The van der Waals surface area contributed by atoms with E-state index in [9.17, 15) is 13.2 Å². The van der Waals surface area contributed by atoms with Crippen molar-refractivity contribution in [2.75, 3.05) is 18.7 Å². The van der Waals surface area contributed by atoms with Crippen molar-refractivity contribution in [3.8, 4) is 5.75 Å². The molecule has 0 saturated heterocycles. The minimum atomic E-state index is -3.40. The third kappa shape index (κ3) is 3.02. The van der Waals surface area contributed by atoms with Gasteiger partial charge in [0.15, 0.2) is 9.84 Å². The van der Waals surface area contributed by atoms with Gasteiger partial charge in [0.1, 0.15) is 10.6 Å². The molecule has 1 N–H and O–H groups in total. The van der Waals surface area contributed by atoms with Gasteiger partial charge in [-0.2, -0.15) is 0 Å². The predicted octanol–water partition coefficient (Wildman–Crippen LogP) is 3.24. The van der Waals surface area contributed by atoms with Crippen LogP contribution in [-0.2, 0) is 14.6 Å². The quantitative estimate of drug-likeness (QED) is 0.850. The van der Waals surface area contributed by atoms with E-state index in [1.165, 1.54) is 13.2 Å². The Balaban J connectivity index is 2.10. The maximum atomic E-state index is 12.2. The van der Waals surface area contributed by atoms with E-state index >= 15 is 0 Å². The van der Waals surface area contributed by atoms with Gasteiger partial charge in [0, 0.05) is 28.1 Å². The predicted molar refractivity (Wildman–Crippen MR) is 94.1 cm³/mol. The highest BCUT2D eigenvalue weighted by Crippen LogP contribution is 2.35. The molecule has 1 aliphatic heterocycles. The van der Waals surface area contributed by atoms with Crippen molar-refractivity contribution in [2.45, 2.75) is 4.90 Å². The number of carbonyl (C=O) groups is 1. The van der Waals surface area contributed by atoms with Crippen LogP contribution in [0.15, 0.2) is 41.3 Å². The first-order valence-corrected chi connectivity index (χ1v) is 9.27. The zero-order valence-electron chi connectivity index (χ0n) is 13.0. The summed E-state index contributed by atoms with van der Waals surface area (Å²) in [6.45, 7) is 0. The van der Waals surface area contributed by atoms with Gasteiger partial charge in [-0.3, -0.25) is 4.79 Å². The lowest BCUT2D eigenvalue weighted by molar-refractivity contribution is -0.110. The van der Waals surface area contributed by atoms with E-state index in [4.69, 9.17) is 16.3 Å². The highest BCUT2D eigenvalue weighted by atomic mass is 35.5. The highest BCUT2D eigenvalue weighted by molar-refractivity contribution is 7.90. The van der Waals surface area contributed by atoms with Crippen molar-refractivity contribution in [1.29, 1.82) is 0 Å². The number of hydrogen-bond donors (Lipinski definition) is 1. The number of nitrogens with one attached hydrogen (secondary N) is 1. The van der Waals surface area contributed by atoms with Crippen LogP contribution in [0.1, 0.15) is 11.1 Å². The molecule has 0 radical (unpaired) electrons. The molecule has 0 aromatic heterocycles. The van der Waals surface area contributed by atoms with Crippen molar-refractivity contribution >= 4 is 44.7 Å². The molecule has 24 heavy (non-hydrogen) atoms. The monoisotopic (exact) mass is 363 g/mol. The molecule has 1 amide bonds. The van der Waals surface area contributed by atoms with Crippen molar-refractivity contribution in [2.24, 2.45) is 0 Å². The molecule has 0 saturated carbocycles. The summed E-state index contributed by atoms with van der Waals surface area (Å²) in [6.07, 6.45) is 2.79. The Morgan fingerprint density at radius 1 is 1.17 bits per heavy atom. The zero-order chi connectivity index (χ0) is 17.5. The third-order valence-corrected chi connectivity index (χ3v) is 5.03. The molecule has 124 valence electrons. The number of hydrogen-bond acceptors (Lipinski definition) is 4. The molecule has 0 atom stereocenters. The normalized spacial score (nSPS) is 15.3. The van der Waals surface area contributed by atoms with Crippen LogP contribution in [0.4, 0.5) is 5.69 Å². The summed E-state index contributed by atoms with van der Waals surface area (Å²) < 4.78 is 28.7.